The molecule has 1 saturated heterocycles. The van der Waals surface area contributed by atoms with Gasteiger partial charge in [-0.3, -0.25) is 0 Å². The Balaban J connectivity index is 2.10. The van der Waals surface area contributed by atoms with Crippen LogP contribution in [-0.4, -0.2) is 34.3 Å². The van der Waals surface area contributed by atoms with Crippen molar-refractivity contribution >= 4 is 21.9 Å². The first-order chi connectivity index (χ1) is 6.75. The van der Waals surface area contributed by atoms with E-state index in [1.165, 1.54) is 0 Å². The summed E-state index contributed by atoms with van der Waals surface area (Å²) in [7, 11) is 0. The maximum Gasteiger partial charge on any atom is 0.225 e. The minimum atomic E-state index is -0.240. The summed E-state index contributed by atoms with van der Waals surface area (Å²) < 4.78 is 0.874. The van der Waals surface area contributed by atoms with Gasteiger partial charge in [-0.1, -0.05) is 0 Å². The minimum absolute atomic E-state index is 0.240. The third-order valence-corrected chi connectivity index (χ3v) is 2.70. The molecule has 0 bridgehead atoms. The van der Waals surface area contributed by atoms with E-state index in [1.54, 1.807) is 12.4 Å². The van der Waals surface area contributed by atoms with Gasteiger partial charge in [0.1, 0.15) is 0 Å². The number of aliphatic hydroxyl groups excluding tert-OH is 1. The Bertz CT molecular complexity index is 303. The zero-order valence-electron chi connectivity index (χ0n) is 7.73. The summed E-state index contributed by atoms with van der Waals surface area (Å²) in [6.45, 7) is 1.57. The molecular weight excluding hydrogens is 246 g/mol. The Kier molecular flexibility index (Phi) is 2.98. The molecule has 0 spiro atoms. The van der Waals surface area contributed by atoms with Crippen LogP contribution in [0.5, 0.6) is 0 Å². The second kappa shape index (κ2) is 4.23. The molecule has 2 rings (SSSR count). The largest absolute Gasteiger partial charge is 0.391 e. The van der Waals surface area contributed by atoms with E-state index in [-0.39, 0.29) is 6.10 Å². The molecule has 1 aromatic rings. The lowest BCUT2D eigenvalue weighted by molar-refractivity contribution is 0.153. The average Bonchev–Trinajstić information content (AvgIpc) is 2.19. The van der Waals surface area contributed by atoms with Crippen LogP contribution in [0.4, 0.5) is 5.95 Å². The number of rotatable bonds is 1. The number of aromatic nitrogens is 2. The second-order valence-electron chi connectivity index (χ2n) is 3.44. The second-order valence-corrected chi connectivity index (χ2v) is 4.36. The minimum Gasteiger partial charge on any atom is -0.391 e. The molecule has 1 aromatic heterocycles. The molecule has 76 valence electrons. The van der Waals surface area contributed by atoms with Crippen molar-refractivity contribution in [3.63, 3.8) is 0 Å². The molecule has 0 aliphatic carbocycles. The molecule has 1 aliphatic heterocycles. The van der Waals surface area contributed by atoms with Gasteiger partial charge in [-0.05, 0) is 28.8 Å². The Morgan fingerprint density at radius 3 is 2.79 bits per heavy atom. The Hall–Kier alpha value is -0.680. The van der Waals surface area contributed by atoms with Gasteiger partial charge in [0.25, 0.3) is 0 Å². The summed E-state index contributed by atoms with van der Waals surface area (Å²) in [6.07, 6.45) is 5.09. The fourth-order valence-corrected chi connectivity index (χ4v) is 1.81. The Morgan fingerprint density at radius 2 is 2.14 bits per heavy atom. The fraction of sp³-hybridized carbons (Fsp3) is 0.556. The van der Waals surface area contributed by atoms with E-state index in [0.717, 1.165) is 23.9 Å². The normalized spacial score (nSPS) is 22.4. The first-order valence-corrected chi connectivity index (χ1v) is 5.45. The fourth-order valence-electron chi connectivity index (χ4n) is 1.61. The van der Waals surface area contributed by atoms with Crippen LogP contribution >= 0.6 is 15.9 Å². The predicted octanol–water partition coefficient (Wildman–Crippen LogP) is 1.20. The molecule has 0 saturated carbocycles. The van der Waals surface area contributed by atoms with Gasteiger partial charge < -0.3 is 10.0 Å². The first-order valence-electron chi connectivity index (χ1n) is 4.66. The van der Waals surface area contributed by atoms with E-state index in [4.69, 9.17) is 0 Å². The van der Waals surface area contributed by atoms with E-state index in [1.807, 2.05) is 4.90 Å². The van der Waals surface area contributed by atoms with Crippen LogP contribution in [0.1, 0.15) is 12.8 Å². The zero-order chi connectivity index (χ0) is 9.97. The van der Waals surface area contributed by atoms with Crippen molar-refractivity contribution in [2.75, 3.05) is 18.0 Å². The molecule has 0 amide bonds. The van der Waals surface area contributed by atoms with E-state index in [9.17, 15) is 5.11 Å². The van der Waals surface area contributed by atoms with Gasteiger partial charge in [-0.15, -0.1) is 0 Å². The van der Waals surface area contributed by atoms with Crippen LogP contribution in [-0.2, 0) is 0 Å². The lowest BCUT2D eigenvalue weighted by atomic mass is 10.1. The van der Waals surface area contributed by atoms with E-state index >= 15 is 0 Å². The lowest BCUT2D eigenvalue weighted by Gasteiger charge is -2.29. The molecule has 1 N–H and O–H groups in total. The molecule has 1 aliphatic rings. The van der Waals surface area contributed by atoms with Gasteiger partial charge in [0.15, 0.2) is 0 Å². The number of hydrogen-bond donors (Lipinski definition) is 1. The quantitative estimate of drug-likeness (QED) is 0.822. The molecular formula is C9H12BrN3O. The molecule has 5 heteroatoms. The lowest BCUT2D eigenvalue weighted by Crippen LogP contribution is -2.39. The van der Waals surface area contributed by atoms with Gasteiger partial charge in [0.2, 0.25) is 5.95 Å². The molecule has 2 heterocycles. The highest BCUT2D eigenvalue weighted by Crippen LogP contribution is 2.16. The van der Waals surface area contributed by atoms with Crippen molar-refractivity contribution in [3.8, 4) is 0 Å². The van der Waals surface area contributed by atoms with E-state index < -0.39 is 0 Å². The summed E-state index contributed by atoms with van der Waals surface area (Å²) in [5.74, 6) is 0.701. The maximum absolute atomic E-state index is 9.49. The highest BCUT2D eigenvalue weighted by Gasteiger charge is 2.19. The van der Waals surface area contributed by atoms with Crippen LogP contribution in [0.3, 0.4) is 0 Å². The number of aliphatic hydroxyl groups is 1. The summed E-state index contributed by atoms with van der Waals surface area (Å²) in [6, 6.07) is 0. The van der Waals surface area contributed by atoms with Crippen molar-refractivity contribution in [2.24, 2.45) is 0 Å². The Morgan fingerprint density at radius 1 is 1.43 bits per heavy atom. The van der Waals surface area contributed by atoms with Crippen LogP contribution in [0.25, 0.3) is 0 Å². The van der Waals surface area contributed by atoms with E-state index in [2.05, 4.69) is 25.9 Å². The number of nitrogens with zero attached hydrogens (tertiary/aromatic N) is 3. The average molecular weight is 258 g/mol. The van der Waals surface area contributed by atoms with Crippen LogP contribution in [0.15, 0.2) is 16.9 Å². The first kappa shape index (κ1) is 9.86. The van der Waals surface area contributed by atoms with Crippen molar-refractivity contribution in [1.29, 1.82) is 0 Å². The zero-order valence-corrected chi connectivity index (χ0v) is 9.31. The van der Waals surface area contributed by atoms with E-state index in [0.29, 0.717) is 12.5 Å². The highest BCUT2D eigenvalue weighted by molar-refractivity contribution is 9.10. The van der Waals surface area contributed by atoms with Gasteiger partial charge in [0, 0.05) is 25.5 Å². The number of halogens is 1. The summed E-state index contributed by atoms with van der Waals surface area (Å²) in [5, 5.41) is 9.49. The highest BCUT2D eigenvalue weighted by atomic mass is 79.9. The third kappa shape index (κ3) is 2.22. The summed E-state index contributed by atoms with van der Waals surface area (Å²) >= 11 is 3.29. The standard InChI is InChI=1S/C9H12BrN3O/c10-7-4-11-9(12-5-7)13-3-1-2-8(14)6-13/h4-5,8,14H,1-3,6H2/t8-/m0/s1. The summed E-state index contributed by atoms with van der Waals surface area (Å²) in [4.78, 5) is 10.4. The monoisotopic (exact) mass is 257 g/mol. The van der Waals surface area contributed by atoms with Crippen molar-refractivity contribution in [1.82, 2.24) is 9.97 Å². The summed E-state index contributed by atoms with van der Waals surface area (Å²) in [5.41, 5.74) is 0. The third-order valence-electron chi connectivity index (χ3n) is 2.29. The molecule has 1 atom stereocenters. The maximum atomic E-state index is 9.49. The van der Waals surface area contributed by atoms with Crippen molar-refractivity contribution in [2.45, 2.75) is 18.9 Å². The van der Waals surface area contributed by atoms with Gasteiger partial charge in [-0.25, -0.2) is 9.97 Å². The molecule has 0 unspecified atom stereocenters. The Labute approximate surface area is 91.1 Å². The van der Waals surface area contributed by atoms with Gasteiger partial charge >= 0.3 is 0 Å². The molecule has 4 nitrogen and oxygen atoms in total. The molecule has 1 fully saturated rings. The molecule has 0 radical (unpaired) electrons. The molecule has 0 aromatic carbocycles. The topological polar surface area (TPSA) is 49.2 Å². The van der Waals surface area contributed by atoms with Crippen LogP contribution in [0, 0.1) is 0 Å². The van der Waals surface area contributed by atoms with Crippen molar-refractivity contribution in [3.05, 3.63) is 16.9 Å². The smallest absolute Gasteiger partial charge is 0.225 e. The number of β-amino-alcohol motifs (C(OH)–C–C–N with tert-alkyl or cyclic N) is 1. The SMILES string of the molecule is O[C@H]1CCCN(c2ncc(Br)cn2)C1. The van der Waals surface area contributed by atoms with Gasteiger partial charge in [0.05, 0.1) is 10.6 Å². The van der Waals surface area contributed by atoms with Crippen LogP contribution < -0.4 is 4.90 Å². The number of piperidine rings is 1. The van der Waals surface area contributed by atoms with Gasteiger partial charge in [-0.2, -0.15) is 0 Å². The molecule has 14 heavy (non-hydrogen) atoms. The van der Waals surface area contributed by atoms with Crippen molar-refractivity contribution < 1.29 is 5.11 Å². The number of anilines is 1. The predicted molar refractivity (Wildman–Crippen MR) is 57.2 cm³/mol. The number of hydrogen-bond acceptors (Lipinski definition) is 4. The van der Waals surface area contributed by atoms with Crippen LogP contribution in [0.2, 0.25) is 0 Å².